The monoisotopic (exact) mass is 244 g/mol. The van der Waals surface area contributed by atoms with Crippen molar-refractivity contribution in [3.05, 3.63) is 59.2 Å². The van der Waals surface area contributed by atoms with Gasteiger partial charge < -0.3 is 10.2 Å². The summed E-state index contributed by atoms with van der Waals surface area (Å²) in [5, 5.41) is 17.9. The summed E-state index contributed by atoms with van der Waals surface area (Å²) in [5.41, 5.74) is 3.38. The van der Waals surface area contributed by atoms with E-state index in [0.717, 1.165) is 17.5 Å². The summed E-state index contributed by atoms with van der Waals surface area (Å²) in [6.45, 7) is 5.99. The lowest BCUT2D eigenvalue weighted by molar-refractivity contribution is 0.474. The lowest BCUT2D eigenvalue weighted by Crippen LogP contribution is -1.75. The molecular formula is C16H20O2. The van der Waals surface area contributed by atoms with Crippen LogP contribution in [0.4, 0.5) is 0 Å². The number of benzene rings is 2. The van der Waals surface area contributed by atoms with Crippen molar-refractivity contribution in [1.29, 1.82) is 0 Å². The van der Waals surface area contributed by atoms with Gasteiger partial charge in [0.15, 0.2) is 0 Å². The van der Waals surface area contributed by atoms with Gasteiger partial charge in [-0.15, -0.1) is 0 Å². The van der Waals surface area contributed by atoms with Gasteiger partial charge in [0.05, 0.1) is 0 Å². The van der Waals surface area contributed by atoms with Crippen LogP contribution in [-0.4, -0.2) is 10.2 Å². The van der Waals surface area contributed by atoms with Gasteiger partial charge in [-0.05, 0) is 61.2 Å². The minimum Gasteiger partial charge on any atom is -0.508 e. The van der Waals surface area contributed by atoms with Crippen molar-refractivity contribution < 1.29 is 10.2 Å². The second-order valence-electron chi connectivity index (χ2n) is 4.37. The van der Waals surface area contributed by atoms with Gasteiger partial charge in [-0.1, -0.05) is 25.1 Å². The van der Waals surface area contributed by atoms with Crippen LogP contribution in [0.15, 0.2) is 42.5 Å². The van der Waals surface area contributed by atoms with E-state index in [1.54, 1.807) is 24.3 Å². The lowest BCUT2D eigenvalue weighted by Gasteiger charge is -1.95. The molecule has 0 bridgehead atoms. The number of aryl methyl sites for hydroxylation is 3. The fraction of sp³-hybridized carbons (Fsp3) is 0.250. The van der Waals surface area contributed by atoms with Crippen molar-refractivity contribution in [3.63, 3.8) is 0 Å². The fourth-order valence-corrected chi connectivity index (χ4v) is 1.73. The molecule has 0 saturated carbocycles. The van der Waals surface area contributed by atoms with E-state index >= 15 is 0 Å². The van der Waals surface area contributed by atoms with E-state index in [4.69, 9.17) is 10.2 Å². The zero-order chi connectivity index (χ0) is 13.5. The largest absolute Gasteiger partial charge is 0.508 e. The summed E-state index contributed by atoms with van der Waals surface area (Å²) in [4.78, 5) is 0. The second-order valence-corrected chi connectivity index (χ2v) is 4.37. The van der Waals surface area contributed by atoms with Gasteiger partial charge in [0.25, 0.3) is 0 Å². The average molecular weight is 244 g/mol. The highest BCUT2D eigenvalue weighted by atomic mass is 16.3. The lowest BCUT2D eigenvalue weighted by atomic mass is 10.1. The standard InChI is InChI=1S/2C8H10O/c1-6-3-7(2)5-8(9)4-6;1-2-7-4-3-5-8(9)6-7/h3-5,9H,1-2H3;3-6,9H,2H2,1H3. The van der Waals surface area contributed by atoms with Crippen LogP contribution >= 0.6 is 0 Å². The fourth-order valence-electron chi connectivity index (χ4n) is 1.73. The number of rotatable bonds is 1. The maximum atomic E-state index is 8.99. The van der Waals surface area contributed by atoms with Gasteiger partial charge in [-0.3, -0.25) is 0 Å². The Balaban J connectivity index is 0.000000180. The molecule has 0 atom stereocenters. The first kappa shape index (κ1) is 14.1. The van der Waals surface area contributed by atoms with Crippen LogP contribution in [0.25, 0.3) is 0 Å². The quantitative estimate of drug-likeness (QED) is 0.797. The van der Waals surface area contributed by atoms with Gasteiger partial charge in [0, 0.05) is 0 Å². The van der Waals surface area contributed by atoms with Crippen LogP contribution in [0.3, 0.4) is 0 Å². The van der Waals surface area contributed by atoms with E-state index in [-0.39, 0.29) is 0 Å². The van der Waals surface area contributed by atoms with Crippen LogP contribution in [-0.2, 0) is 6.42 Å². The van der Waals surface area contributed by atoms with Crippen molar-refractivity contribution >= 4 is 0 Å². The van der Waals surface area contributed by atoms with Crippen LogP contribution in [0.1, 0.15) is 23.6 Å². The van der Waals surface area contributed by atoms with Crippen LogP contribution in [0, 0.1) is 13.8 Å². The van der Waals surface area contributed by atoms with Crippen molar-refractivity contribution in [3.8, 4) is 11.5 Å². The molecular weight excluding hydrogens is 224 g/mol. The minimum atomic E-state index is 0.354. The Morgan fingerprint density at radius 1 is 0.833 bits per heavy atom. The number of hydrogen-bond acceptors (Lipinski definition) is 2. The van der Waals surface area contributed by atoms with E-state index < -0.39 is 0 Å². The van der Waals surface area contributed by atoms with Crippen molar-refractivity contribution in [2.75, 3.05) is 0 Å². The Labute approximate surface area is 109 Å². The summed E-state index contributed by atoms with van der Waals surface area (Å²) in [5.74, 6) is 0.710. The number of hydrogen-bond donors (Lipinski definition) is 2. The van der Waals surface area contributed by atoms with Gasteiger partial charge in [-0.2, -0.15) is 0 Å². The second kappa shape index (κ2) is 6.70. The molecule has 2 N–H and O–H groups in total. The maximum Gasteiger partial charge on any atom is 0.116 e. The molecule has 0 aliphatic heterocycles. The third-order valence-electron chi connectivity index (χ3n) is 2.53. The summed E-state index contributed by atoms with van der Waals surface area (Å²) in [6.07, 6.45) is 0.981. The van der Waals surface area contributed by atoms with E-state index in [2.05, 4.69) is 6.92 Å². The molecule has 2 heteroatoms. The summed E-state index contributed by atoms with van der Waals surface area (Å²) < 4.78 is 0. The summed E-state index contributed by atoms with van der Waals surface area (Å²) >= 11 is 0. The molecule has 0 fully saturated rings. The highest BCUT2D eigenvalue weighted by molar-refractivity contribution is 5.31. The zero-order valence-electron chi connectivity index (χ0n) is 11.1. The molecule has 0 aliphatic carbocycles. The van der Waals surface area contributed by atoms with E-state index in [0.29, 0.717) is 11.5 Å². The number of phenolic OH excluding ortho intramolecular Hbond substituents is 2. The molecule has 2 aromatic carbocycles. The summed E-state index contributed by atoms with van der Waals surface area (Å²) in [7, 11) is 0. The SMILES string of the molecule is CCc1cccc(O)c1.Cc1cc(C)cc(O)c1. The molecule has 0 unspecified atom stereocenters. The molecule has 0 spiro atoms. The highest BCUT2D eigenvalue weighted by Gasteiger charge is 1.89. The summed E-state index contributed by atoms with van der Waals surface area (Å²) in [6, 6.07) is 12.8. The van der Waals surface area contributed by atoms with Crippen molar-refractivity contribution in [2.24, 2.45) is 0 Å². The molecule has 96 valence electrons. The van der Waals surface area contributed by atoms with Crippen LogP contribution in [0.2, 0.25) is 0 Å². The van der Waals surface area contributed by atoms with Gasteiger partial charge >= 0.3 is 0 Å². The third-order valence-corrected chi connectivity index (χ3v) is 2.53. The predicted octanol–water partition coefficient (Wildman–Crippen LogP) is 3.96. The van der Waals surface area contributed by atoms with Crippen LogP contribution in [0.5, 0.6) is 11.5 Å². The van der Waals surface area contributed by atoms with Gasteiger partial charge in [-0.25, -0.2) is 0 Å². The molecule has 0 aliphatic rings. The smallest absolute Gasteiger partial charge is 0.116 e. The Hall–Kier alpha value is -1.96. The van der Waals surface area contributed by atoms with Crippen molar-refractivity contribution in [2.45, 2.75) is 27.2 Å². The first-order valence-electron chi connectivity index (χ1n) is 6.06. The third kappa shape index (κ3) is 4.91. The normalized spacial score (nSPS) is 9.50. The zero-order valence-corrected chi connectivity index (χ0v) is 11.1. The molecule has 2 rings (SSSR count). The molecule has 0 aromatic heterocycles. The number of phenols is 2. The number of aromatic hydroxyl groups is 2. The minimum absolute atomic E-state index is 0.354. The molecule has 0 saturated heterocycles. The Morgan fingerprint density at radius 3 is 1.83 bits per heavy atom. The van der Waals surface area contributed by atoms with Gasteiger partial charge in [0.1, 0.15) is 11.5 Å². The molecule has 18 heavy (non-hydrogen) atoms. The Kier molecular flexibility index (Phi) is 5.25. The highest BCUT2D eigenvalue weighted by Crippen LogP contribution is 2.13. The molecule has 0 amide bonds. The Bertz CT molecular complexity index is 454. The van der Waals surface area contributed by atoms with Gasteiger partial charge in [0.2, 0.25) is 0 Å². The van der Waals surface area contributed by atoms with E-state index in [1.807, 2.05) is 32.0 Å². The van der Waals surface area contributed by atoms with E-state index in [1.165, 1.54) is 5.56 Å². The average Bonchev–Trinajstić information content (AvgIpc) is 2.27. The predicted molar refractivity (Wildman–Crippen MR) is 75.1 cm³/mol. The Morgan fingerprint density at radius 2 is 1.44 bits per heavy atom. The molecule has 2 aromatic rings. The first-order chi connectivity index (χ1) is 8.51. The molecule has 0 heterocycles. The molecule has 0 radical (unpaired) electrons. The molecule has 2 nitrogen and oxygen atoms in total. The van der Waals surface area contributed by atoms with Crippen LogP contribution < -0.4 is 0 Å². The van der Waals surface area contributed by atoms with E-state index in [9.17, 15) is 0 Å². The topological polar surface area (TPSA) is 40.5 Å². The maximum absolute atomic E-state index is 8.99. The van der Waals surface area contributed by atoms with Crippen molar-refractivity contribution in [1.82, 2.24) is 0 Å². The first-order valence-corrected chi connectivity index (χ1v) is 6.06.